The van der Waals surface area contributed by atoms with E-state index < -0.39 is 55.3 Å². The summed E-state index contributed by atoms with van der Waals surface area (Å²) in [6.45, 7) is -4.58. The van der Waals surface area contributed by atoms with Crippen LogP contribution in [0.3, 0.4) is 0 Å². The number of alkyl halides is 1. The van der Waals surface area contributed by atoms with Crippen LogP contribution in [0.15, 0.2) is 36.2 Å². The van der Waals surface area contributed by atoms with Crippen LogP contribution in [-0.4, -0.2) is 98.4 Å². The highest BCUT2D eigenvalue weighted by atomic mass is 32.5. The summed E-state index contributed by atoms with van der Waals surface area (Å²) in [6.07, 6.45) is -1.26. The van der Waals surface area contributed by atoms with Crippen LogP contribution in [-0.2, 0) is 35.1 Å². The highest BCUT2D eigenvalue weighted by Crippen LogP contribution is 2.50. The Kier molecular flexibility index (Phi) is 7.42. The molecule has 2 fully saturated rings. The van der Waals surface area contributed by atoms with Crippen molar-refractivity contribution in [3.63, 3.8) is 0 Å². The maximum atomic E-state index is 16.2. The molecule has 2 aliphatic heterocycles. The number of nitrogens with zero attached hydrogens (tertiary/aromatic N) is 8. The van der Waals surface area contributed by atoms with Gasteiger partial charge in [0.05, 0.1) is 32.0 Å². The molecule has 2 bridgehead atoms. The largest absolute Gasteiger partial charge is 0.385 e. The van der Waals surface area contributed by atoms with Gasteiger partial charge in [-0.2, -0.15) is 0 Å². The summed E-state index contributed by atoms with van der Waals surface area (Å²) in [6, 6.07) is 0. The molecule has 44 heavy (non-hydrogen) atoms. The van der Waals surface area contributed by atoms with Gasteiger partial charge < -0.3 is 39.5 Å². The van der Waals surface area contributed by atoms with Gasteiger partial charge in [0, 0.05) is 25.4 Å². The number of aromatic amines is 1. The minimum Gasteiger partial charge on any atom is -0.385 e. The van der Waals surface area contributed by atoms with Crippen LogP contribution in [0.2, 0.25) is 0 Å². The summed E-state index contributed by atoms with van der Waals surface area (Å²) in [4.78, 5) is 47.4. The smallest absolute Gasteiger partial charge is 0.325 e. The van der Waals surface area contributed by atoms with E-state index >= 15 is 4.39 Å². The molecule has 5 aromatic rings. The molecule has 0 amide bonds. The SMILES string of the molecule is CO[C@@H]1COP(O)(=S)O[C@@H]2[C@H](O)C(OCC[C@H]1[C@H](F)n1cnc3c(N)ncnc31)O[C@H]2n1cnc2c(=O)n3ccnc3[nH]c21. The van der Waals surface area contributed by atoms with Crippen molar-refractivity contribution in [1.82, 2.24) is 43.4 Å². The third-order valence-corrected chi connectivity index (χ3v) is 9.27. The summed E-state index contributed by atoms with van der Waals surface area (Å²) < 4.78 is 49.0. The first-order chi connectivity index (χ1) is 21.2. The molecule has 2 saturated heterocycles. The number of ether oxygens (including phenoxy) is 3. The highest BCUT2D eigenvalue weighted by Gasteiger charge is 2.50. The van der Waals surface area contributed by atoms with Gasteiger partial charge in [0.1, 0.15) is 29.7 Å². The van der Waals surface area contributed by atoms with Crippen molar-refractivity contribution in [2.75, 3.05) is 26.1 Å². The Bertz CT molecular complexity index is 1950. The van der Waals surface area contributed by atoms with Gasteiger partial charge in [0.25, 0.3) is 5.56 Å². The molecule has 2 aliphatic rings. The van der Waals surface area contributed by atoms with Crippen molar-refractivity contribution in [1.29, 1.82) is 0 Å². The highest BCUT2D eigenvalue weighted by molar-refractivity contribution is 8.07. The quantitative estimate of drug-likeness (QED) is 0.190. The van der Waals surface area contributed by atoms with Crippen LogP contribution >= 0.6 is 6.72 Å². The van der Waals surface area contributed by atoms with Crippen molar-refractivity contribution in [3.05, 3.63) is 41.7 Å². The second-order valence-corrected chi connectivity index (χ2v) is 13.0. The second-order valence-electron chi connectivity index (χ2n) is 10.2. The molecule has 5 aromatic heterocycles. The number of aliphatic hydroxyl groups is 1. The Morgan fingerprint density at radius 1 is 1.25 bits per heavy atom. The second kappa shape index (κ2) is 11.2. The zero-order valence-corrected chi connectivity index (χ0v) is 24.5. The van der Waals surface area contributed by atoms with E-state index in [1.54, 1.807) is 0 Å². The van der Waals surface area contributed by atoms with Crippen LogP contribution in [0, 0.1) is 5.92 Å². The first kappa shape index (κ1) is 29.3. The topological polar surface area (TPSA) is 224 Å². The zero-order chi connectivity index (χ0) is 30.7. The lowest BCUT2D eigenvalue weighted by molar-refractivity contribution is -0.180. The van der Waals surface area contributed by atoms with Crippen molar-refractivity contribution in [2.24, 2.45) is 5.92 Å². The standard InChI is InChI=1S/C23H26FN10O8PS/c1-38-11-6-40-43(37,44)42-15-14(35)22(39-5-2-10(11)16(24)33-8-29-12-17(25)27-7-28-18(12)33)41-21(15)34-9-30-13-19(34)31-23-26-3-4-32(23)20(13)36/h3-4,7-11,14-16,21-22,35H,2,5-6H2,1H3,(H,26,31)(H,37,44)(H2,25,27,28)/t10-,11-,14+,15-,16-,21-,22?,43?/m1/s1. The first-order valence-corrected chi connectivity index (χ1v) is 15.9. The Morgan fingerprint density at radius 2 is 2.07 bits per heavy atom. The van der Waals surface area contributed by atoms with E-state index in [-0.39, 0.29) is 53.6 Å². The van der Waals surface area contributed by atoms with Crippen LogP contribution in [0.4, 0.5) is 10.2 Å². The maximum Gasteiger partial charge on any atom is 0.325 e. The lowest BCUT2D eigenvalue weighted by Gasteiger charge is -2.32. The number of hydrogen-bond acceptors (Lipinski definition) is 14. The number of nitrogens with one attached hydrogen (secondary N) is 1. The molecular weight excluding hydrogens is 626 g/mol. The summed E-state index contributed by atoms with van der Waals surface area (Å²) in [5.41, 5.74) is 6.11. The van der Waals surface area contributed by atoms with Crippen molar-refractivity contribution < 1.29 is 37.6 Å². The molecule has 0 aliphatic carbocycles. The summed E-state index contributed by atoms with van der Waals surface area (Å²) in [5, 5.41) is 11.2. The average molecular weight is 653 g/mol. The summed E-state index contributed by atoms with van der Waals surface area (Å²) in [5.74, 6) is -0.618. The number of nitrogens with two attached hydrogens (primary N) is 1. The van der Waals surface area contributed by atoms with Gasteiger partial charge >= 0.3 is 6.72 Å². The molecule has 18 nitrogen and oxygen atoms in total. The van der Waals surface area contributed by atoms with E-state index in [1.165, 1.54) is 52.0 Å². The minimum atomic E-state index is -4.12. The molecule has 21 heteroatoms. The van der Waals surface area contributed by atoms with E-state index in [2.05, 4.69) is 29.9 Å². The third kappa shape index (κ3) is 4.88. The summed E-state index contributed by atoms with van der Waals surface area (Å²) >= 11 is 5.28. The Balaban J connectivity index is 1.21. The molecule has 2 unspecified atom stereocenters. The summed E-state index contributed by atoms with van der Waals surface area (Å²) in [7, 11) is 1.36. The van der Waals surface area contributed by atoms with Crippen LogP contribution < -0.4 is 11.3 Å². The number of anilines is 1. The fourth-order valence-electron chi connectivity index (χ4n) is 5.51. The van der Waals surface area contributed by atoms with Gasteiger partial charge in [-0.3, -0.25) is 18.5 Å². The van der Waals surface area contributed by atoms with Crippen molar-refractivity contribution in [3.8, 4) is 0 Å². The van der Waals surface area contributed by atoms with Gasteiger partial charge in [-0.25, -0.2) is 33.7 Å². The molecule has 8 atom stereocenters. The average Bonchev–Trinajstić information content (AvgIpc) is 3.79. The number of rotatable bonds is 4. The lowest BCUT2D eigenvalue weighted by Crippen LogP contribution is -2.38. The van der Waals surface area contributed by atoms with E-state index in [4.69, 9.17) is 40.8 Å². The Hall–Kier alpha value is -3.46. The number of methoxy groups -OCH3 is 1. The minimum absolute atomic E-state index is 0.0412. The van der Waals surface area contributed by atoms with Crippen LogP contribution in [0.25, 0.3) is 28.1 Å². The van der Waals surface area contributed by atoms with Crippen molar-refractivity contribution in [2.45, 2.75) is 43.5 Å². The van der Waals surface area contributed by atoms with Crippen LogP contribution in [0.1, 0.15) is 18.9 Å². The molecule has 234 valence electrons. The van der Waals surface area contributed by atoms with Crippen molar-refractivity contribution >= 4 is 52.4 Å². The fraction of sp³-hybridized carbons (Fsp3) is 0.478. The van der Waals surface area contributed by atoms with Gasteiger partial charge in [-0.05, 0) is 18.2 Å². The van der Waals surface area contributed by atoms with Gasteiger partial charge in [0.15, 0.2) is 35.8 Å². The molecule has 0 spiro atoms. The normalized spacial score (nSPS) is 30.9. The number of hydrogen-bond donors (Lipinski definition) is 4. The number of aliphatic hydroxyl groups excluding tert-OH is 1. The Labute approximate surface area is 250 Å². The van der Waals surface area contributed by atoms with Gasteiger partial charge in [-0.15, -0.1) is 0 Å². The number of halogens is 1. The van der Waals surface area contributed by atoms with E-state index in [0.29, 0.717) is 0 Å². The molecule has 7 rings (SSSR count). The van der Waals surface area contributed by atoms with Gasteiger partial charge in [0.2, 0.25) is 5.78 Å². The molecule has 0 saturated carbocycles. The third-order valence-electron chi connectivity index (χ3n) is 7.71. The van der Waals surface area contributed by atoms with E-state index in [9.17, 15) is 14.8 Å². The first-order valence-electron chi connectivity index (χ1n) is 13.3. The molecule has 0 aromatic carbocycles. The predicted molar refractivity (Wildman–Crippen MR) is 151 cm³/mol. The van der Waals surface area contributed by atoms with E-state index in [0.717, 1.165) is 0 Å². The van der Waals surface area contributed by atoms with Gasteiger partial charge in [-0.1, -0.05) is 0 Å². The molecule has 5 N–H and O–H groups in total. The monoisotopic (exact) mass is 652 g/mol. The molecule has 7 heterocycles. The molecule has 0 radical (unpaired) electrons. The van der Waals surface area contributed by atoms with Crippen LogP contribution in [0.5, 0.6) is 0 Å². The maximum absolute atomic E-state index is 16.2. The number of fused-ring (bicyclic) bond motifs is 5. The number of H-pyrrole nitrogens is 1. The Morgan fingerprint density at radius 3 is 2.89 bits per heavy atom. The molecular formula is C23H26FN10O8PS. The number of nitrogen functional groups attached to an aromatic ring is 1. The predicted octanol–water partition coefficient (Wildman–Crippen LogP) is 0.148. The number of imidazole rings is 3. The lowest BCUT2D eigenvalue weighted by atomic mass is 9.97. The van der Waals surface area contributed by atoms with E-state index in [1.807, 2.05) is 0 Å². The zero-order valence-electron chi connectivity index (χ0n) is 22.8. The fourth-order valence-corrected chi connectivity index (χ4v) is 6.92. The number of aromatic nitrogens is 9.